The van der Waals surface area contributed by atoms with Crippen molar-refractivity contribution in [2.45, 2.75) is 33.1 Å². The Balaban J connectivity index is 2.40. The van der Waals surface area contributed by atoms with Gasteiger partial charge in [-0.2, -0.15) is 0 Å². The highest BCUT2D eigenvalue weighted by atomic mass is 16.2. The zero-order valence-corrected chi connectivity index (χ0v) is 14.5. The number of aliphatic imine (C=N–C) groups is 1. The van der Waals surface area contributed by atoms with Crippen LogP contribution >= 0.6 is 0 Å². The van der Waals surface area contributed by atoms with E-state index in [0.717, 1.165) is 38.0 Å². The number of pyridine rings is 1. The molecule has 0 bridgehead atoms. The second kappa shape index (κ2) is 11.5. The minimum atomic E-state index is 0.00799. The first-order valence-corrected chi connectivity index (χ1v) is 8.33. The third-order valence-electron chi connectivity index (χ3n) is 3.39. The number of aromatic nitrogens is 1. The van der Waals surface area contributed by atoms with E-state index in [4.69, 9.17) is 0 Å². The molecule has 2 N–H and O–H groups in total. The van der Waals surface area contributed by atoms with E-state index in [9.17, 15) is 4.79 Å². The Bertz CT molecular complexity index is 475. The third-order valence-corrected chi connectivity index (χ3v) is 3.39. The van der Waals surface area contributed by atoms with Gasteiger partial charge in [0.25, 0.3) is 0 Å². The van der Waals surface area contributed by atoms with Crippen LogP contribution in [0, 0.1) is 0 Å². The average Bonchev–Trinajstić information content (AvgIpc) is 2.58. The minimum Gasteiger partial charge on any atom is -0.357 e. The fourth-order valence-electron chi connectivity index (χ4n) is 1.95. The van der Waals surface area contributed by atoms with Crippen LogP contribution in [-0.2, 0) is 11.2 Å². The summed E-state index contributed by atoms with van der Waals surface area (Å²) >= 11 is 0. The molecule has 0 aliphatic carbocycles. The Labute approximate surface area is 139 Å². The number of nitrogens with zero attached hydrogens (tertiary/aromatic N) is 3. The minimum absolute atomic E-state index is 0.00799. The predicted octanol–water partition coefficient (Wildman–Crippen LogP) is 1.44. The molecule has 23 heavy (non-hydrogen) atoms. The fourth-order valence-corrected chi connectivity index (χ4v) is 1.95. The molecule has 1 aromatic heterocycles. The number of carbonyl (C=O) groups is 1. The highest BCUT2D eigenvalue weighted by molar-refractivity contribution is 5.84. The first-order valence-electron chi connectivity index (χ1n) is 8.33. The van der Waals surface area contributed by atoms with Crippen molar-refractivity contribution in [3.8, 4) is 0 Å². The Morgan fingerprint density at radius 2 is 2.13 bits per heavy atom. The van der Waals surface area contributed by atoms with E-state index < -0.39 is 0 Å². The van der Waals surface area contributed by atoms with E-state index in [1.165, 1.54) is 0 Å². The summed E-state index contributed by atoms with van der Waals surface area (Å²) in [6.07, 6.45) is 4.73. The van der Waals surface area contributed by atoms with Crippen molar-refractivity contribution in [1.82, 2.24) is 20.5 Å². The largest absolute Gasteiger partial charge is 0.357 e. The van der Waals surface area contributed by atoms with E-state index in [1.807, 2.05) is 25.1 Å². The highest BCUT2D eigenvalue weighted by Gasteiger charge is 2.09. The van der Waals surface area contributed by atoms with Crippen LogP contribution in [0.15, 0.2) is 29.4 Å². The predicted molar refractivity (Wildman–Crippen MR) is 94.5 cm³/mol. The molecule has 1 heterocycles. The summed E-state index contributed by atoms with van der Waals surface area (Å²) in [7, 11) is 1.80. The number of hydrogen-bond acceptors (Lipinski definition) is 3. The number of carbonyl (C=O) groups excluding carboxylic acids is 1. The van der Waals surface area contributed by atoms with E-state index in [2.05, 4.69) is 27.5 Å². The molecule has 0 spiro atoms. The quantitative estimate of drug-likeness (QED) is 0.410. The third kappa shape index (κ3) is 8.18. The van der Waals surface area contributed by atoms with Crippen molar-refractivity contribution in [2.75, 3.05) is 33.2 Å². The summed E-state index contributed by atoms with van der Waals surface area (Å²) in [5.74, 6) is 0.709. The molecule has 0 saturated carbocycles. The molecule has 1 amide bonds. The van der Waals surface area contributed by atoms with E-state index >= 15 is 0 Å². The standard InChI is InChI=1S/C17H29N5O/c1-4-6-11-20-17(18-5-2)21-14-16(23)22(3)13-10-15-9-7-8-12-19-15/h7-9,12H,4-6,10-11,13-14H2,1-3H3,(H2,18,20,21). The zero-order chi connectivity index (χ0) is 16.9. The van der Waals surface area contributed by atoms with Gasteiger partial charge in [-0.05, 0) is 25.5 Å². The molecular weight excluding hydrogens is 290 g/mol. The lowest BCUT2D eigenvalue weighted by molar-refractivity contribution is -0.128. The lowest BCUT2D eigenvalue weighted by Crippen LogP contribution is -2.39. The van der Waals surface area contributed by atoms with Gasteiger partial charge in [0.2, 0.25) is 5.91 Å². The summed E-state index contributed by atoms with van der Waals surface area (Å²) in [6, 6.07) is 5.82. The van der Waals surface area contributed by atoms with Crippen LogP contribution in [0.2, 0.25) is 0 Å². The number of amides is 1. The second-order valence-corrected chi connectivity index (χ2v) is 5.36. The number of unbranched alkanes of at least 4 members (excludes halogenated alkanes) is 1. The van der Waals surface area contributed by atoms with Gasteiger partial charge in [0.05, 0.1) is 0 Å². The van der Waals surface area contributed by atoms with Crippen LogP contribution in [-0.4, -0.2) is 55.0 Å². The number of rotatable bonds is 9. The summed E-state index contributed by atoms with van der Waals surface area (Å²) in [5.41, 5.74) is 0.991. The molecule has 0 unspecified atom stereocenters. The Kier molecular flexibility index (Phi) is 9.43. The van der Waals surface area contributed by atoms with Crippen LogP contribution in [0.25, 0.3) is 0 Å². The van der Waals surface area contributed by atoms with Crippen LogP contribution in [0.3, 0.4) is 0 Å². The summed E-state index contributed by atoms with van der Waals surface area (Å²) < 4.78 is 0. The maximum atomic E-state index is 12.1. The van der Waals surface area contributed by atoms with Gasteiger partial charge in [0.15, 0.2) is 5.96 Å². The van der Waals surface area contributed by atoms with Gasteiger partial charge < -0.3 is 15.5 Å². The normalized spacial score (nSPS) is 11.2. The molecule has 1 rings (SSSR count). The Morgan fingerprint density at radius 3 is 2.78 bits per heavy atom. The molecule has 0 fully saturated rings. The number of likely N-dealkylation sites (N-methyl/N-ethyl adjacent to an activating group) is 1. The first kappa shape index (κ1) is 18.9. The molecule has 128 valence electrons. The maximum absolute atomic E-state index is 12.1. The van der Waals surface area contributed by atoms with Crippen LogP contribution in [0.1, 0.15) is 32.4 Å². The summed E-state index contributed by atoms with van der Waals surface area (Å²) in [6.45, 7) is 6.60. The van der Waals surface area contributed by atoms with Gasteiger partial charge in [0, 0.05) is 45.0 Å². The molecule has 6 heteroatoms. The Hall–Kier alpha value is -2.11. The van der Waals surface area contributed by atoms with Crippen molar-refractivity contribution in [1.29, 1.82) is 0 Å². The molecular formula is C17H29N5O. The molecule has 0 aliphatic heterocycles. The molecule has 6 nitrogen and oxygen atoms in total. The molecule has 0 radical (unpaired) electrons. The summed E-state index contributed by atoms with van der Waals surface area (Å²) in [4.78, 5) is 22.5. The lowest BCUT2D eigenvalue weighted by Gasteiger charge is -2.16. The summed E-state index contributed by atoms with van der Waals surface area (Å²) in [5, 5.41) is 6.38. The van der Waals surface area contributed by atoms with E-state index in [1.54, 1.807) is 18.1 Å². The number of guanidine groups is 1. The monoisotopic (exact) mass is 319 g/mol. The smallest absolute Gasteiger partial charge is 0.244 e. The first-order chi connectivity index (χ1) is 11.2. The van der Waals surface area contributed by atoms with Crippen LogP contribution < -0.4 is 10.6 Å². The molecule has 0 atom stereocenters. The van der Waals surface area contributed by atoms with Gasteiger partial charge >= 0.3 is 0 Å². The van der Waals surface area contributed by atoms with Gasteiger partial charge in [-0.15, -0.1) is 0 Å². The van der Waals surface area contributed by atoms with E-state index in [0.29, 0.717) is 12.5 Å². The molecule has 0 saturated heterocycles. The molecule has 0 aliphatic rings. The SMILES string of the molecule is CCCCNC(=NCC(=O)N(C)CCc1ccccn1)NCC. The second-order valence-electron chi connectivity index (χ2n) is 5.36. The van der Waals surface area contributed by atoms with Crippen molar-refractivity contribution in [3.63, 3.8) is 0 Å². The average molecular weight is 319 g/mol. The van der Waals surface area contributed by atoms with Crippen LogP contribution in [0.4, 0.5) is 0 Å². The molecule has 0 aromatic carbocycles. The van der Waals surface area contributed by atoms with Crippen molar-refractivity contribution in [2.24, 2.45) is 4.99 Å². The van der Waals surface area contributed by atoms with Gasteiger partial charge in [0.1, 0.15) is 6.54 Å². The number of hydrogen-bond donors (Lipinski definition) is 2. The van der Waals surface area contributed by atoms with Gasteiger partial charge in [-0.3, -0.25) is 9.78 Å². The molecule has 1 aromatic rings. The van der Waals surface area contributed by atoms with Crippen LogP contribution in [0.5, 0.6) is 0 Å². The van der Waals surface area contributed by atoms with Crippen molar-refractivity contribution < 1.29 is 4.79 Å². The zero-order valence-electron chi connectivity index (χ0n) is 14.5. The maximum Gasteiger partial charge on any atom is 0.244 e. The van der Waals surface area contributed by atoms with Crippen molar-refractivity contribution >= 4 is 11.9 Å². The van der Waals surface area contributed by atoms with Gasteiger partial charge in [-0.1, -0.05) is 19.4 Å². The number of nitrogens with one attached hydrogen (secondary N) is 2. The van der Waals surface area contributed by atoms with Gasteiger partial charge in [-0.25, -0.2) is 4.99 Å². The van der Waals surface area contributed by atoms with Crippen molar-refractivity contribution in [3.05, 3.63) is 30.1 Å². The lowest BCUT2D eigenvalue weighted by atomic mass is 10.2. The fraction of sp³-hybridized carbons (Fsp3) is 0.588. The highest BCUT2D eigenvalue weighted by Crippen LogP contribution is 1.97. The topological polar surface area (TPSA) is 69.6 Å². The van der Waals surface area contributed by atoms with E-state index in [-0.39, 0.29) is 12.5 Å². The Morgan fingerprint density at radius 1 is 1.30 bits per heavy atom.